The molecule has 0 bridgehead atoms. The van der Waals surface area contributed by atoms with Crippen LogP contribution in [0.25, 0.3) is 0 Å². The highest BCUT2D eigenvalue weighted by Crippen LogP contribution is 2.53. The van der Waals surface area contributed by atoms with Gasteiger partial charge in [-0.15, -0.1) is 0 Å². The first-order valence-corrected chi connectivity index (χ1v) is 7.30. The molecule has 1 saturated carbocycles. The molecule has 98 valence electrons. The summed E-state index contributed by atoms with van der Waals surface area (Å²) in [6.45, 7) is 7.95. The van der Waals surface area contributed by atoms with Crippen LogP contribution in [-0.2, 0) is 9.47 Å². The zero-order valence-electron chi connectivity index (χ0n) is 11.5. The maximum Gasteiger partial charge on any atom is 0.0970 e. The quantitative estimate of drug-likeness (QED) is 0.703. The lowest BCUT2D eigenvalue weighted by molar-refractivity contribution is 0.130. The molecule has 0 aromatic carbocycles. The molecule has 1 spiro atoms. The van der Waals surface area contributed by atoms with Crippen molar-refractivity contribution in [2.75, 3.05) is 6.61 Å². The fourth-order valence-electron chi connectivity index (χ4n) is 3.47. The SMILES string of the molecule is CC(C)(C)CCC1O[C@@H]1C1CCCCC12CO2. The second kappa shape index (κ2) is 3.96. The first-order valence-electron chi connectivity index (χ1n) is 7.30. The summed E-state index contributed by atoms with van der Waals surface area (Å²) in [5.41, 5.74) is 0.705. The smallest absolute Gasteiger partial charge is 0.0970 e. The first-order chi connectivity index (χ1) is 8.00. The van der Waals surface area contributed by atoms with Gasteiger partial charge < -0.3 is 9.47 Å². The van der Waals surface area contributed by atoms with Gasteiger partial charge in [-0.3, -0.25) is 0 Å². The van der Waals surface area contributed by atoms with Gasteiger partial charge in [0.15, 0.2) is 0 Å². The van der Waals surface area contributed by atoms with Gasteiger partial charge in [-0.05, 0) is 31.1 Å². The third-order valence-corrected chi connectivity index (χ3v) is 4.75. The summed E-state index contributed by atoms with van der Waals surface area (Å²) in [7, 11) is 0. The fraction of sp³-hybridized carbons (Fsp3) is 1.00. The second-order valence-corrected chi connectivity index (χ2v) is 7.44. The van der Waals surface area contributed by atoms with E-state index in [-0.39, 0.29) is 5.60 Å². The average molecular weight is 238 g/mol. The van der Waals surface area contributed by atoms with Crippen LogP contribution in [0.3, 0.4) is 0 Å². The molecule has 0 aromatic heterocycles. The Morgan fingerprint density at radius 3 is 2.65 bits per heavy atom. The molecule has 3 unspecified atom stereocenters. The minimum absolute atomic E-state index is 0.263. The predicted molar refractivity (Wildman–Crippen MR) is 68.0 cm³/mol. The van der Waals surface area contributed by atoms with Gasteiger partial charge in [-0.2, -0.15) is 0 Å². The Morgan fingerprint density at radius 2 is 2.00 bits per heavy atom. The van der Waals surface area contributed by atoms with E-state index in [9.17, 15) is 0 Å². The van der Waals surface area contributed by atoms with Gasteiger partial charge >= 0.3 is 0 Å². The fourth-order valence-corrected chi connectivity index (χ4v) is 3.47. The molecule has 2 heteroatoms. The molecular weight excluding hydrogens is 212 g/mol. The summed E-state index contributed by atoms with van der Waals surface area (Å²) in [5, 5.41) is 0. The molecule has 2 aliphatic heterocycles. The van der Waals surface area contributed by atoms with Crippen LogP contribution in [0.15, 0.2) is 0 Å². The van der Waals surface area contributed by atoms with Crippen LogP contribution in [0.4, 0.5) is 0 Å². The van der Waals surface area contributed by atoms with Crippen LogP contribution in [0.2, 0.25) is 0 Å². The maximum absolute atomic E-state index is 5.95. The standard InChI is InChI=1S/C15H26O2/c1-14(2,3)9-7-12-13(17-12)11-6-4-5-8-15(11)10-16-15/h11-13H,4-10H2,1-3H3/t11?,12?,13-,15?/m1/s1. The summed E-state index contributed by atoms with van der Waals surface area (Å²) < 4.78 is 11.7. The lowest BCUT2D eigenvalue weighted by Gasteiger charge is -2.27. The van der Waals surface area contributed by atoms with Crippen molar-refractivity contribution in [3.8, 4) is 0 Å². The summed E-state index contributed by atoms with van der Waals surface area (Å²) in [6.07, 6.45) is 8.92. The van der Waals surface area contributed by atoms with Crippen molar-refractivity contribution in [2.24, 2.45) is 11.3 Å². The molecule has 17 heavy (non-hydrogen) atoms. The van der Waals surface area contributed by atoms with E-state index in [0.717, 1.165) is 6.61 Å². The third-order valence-electron chi connectivity index (χ3n) is 4.75. The van der Waals surface area contributed by atoms with Gasteiger partial charge in [-0.1, -0.05) is 33.6 Å². The number of hydrogen-bond donors (Lipinski definition) is 0. The number of epoxide rings is 2. The summed E-state index contributed by atoms with van der Waals surface area (Å²) in [5.74, 6) is 0.709. The van der Waals surface area contributed by atoms with Crippen molar-refractivity contribution in [1.29, 1.82) is 0 Å². The predicted octanol–water partition coefficient (Wildman–Crippen LogP) is 3.54. The molecule has 0 amide bonds. The highest BCUT2D eigenvalue weighted by molar-refractivity contribution is 5.08. The molecule has 2 heterocycles. The van der Waals surface area contributed by atoms with Crippen molar-refractivity contribution >= 4 is 0 Å². The van der Waals surface area contributed by atoms with Crippen LogP contribution in [0.1, 0.15) is 59.3 Å². The van der Waals surface area contributed by atoms with E-state index in [0.29, 0.717) is 23.5 Å². The maximum atomic E-state index is 5.95. The molecule has 2 saturated heterocycles. The summed E-state index contributed by atoms with van der Waals surface area (Å²) >= 11 is 0. The molecule has 0 radical (unpaired) electrons. The van der Waals surface area contributed by atoms with E-state index in [4.69, 9.17) is 9.47 Å². The first kappa shape index (κ1) is 12.0. The number of rotatable bonds is 3. The highest BCUT2D eigenvalue weighted by Gasteiger charge is 2.60. The summed E-state index contributed by atoms with van der Waals surface area (Å²) in [6, 6.07) is 0. The molecule has 2 nitrogen and oxygen atoms in total. The van der Waals surface area contributed by atoms with Gasteiger partial charge in [0.05, 0.1) is 24.4 Å². The van der Waals surface area contributed by atoms with Crippen molar-refractivity contribution in [1.82, 2.24) is 0 Å². The lowest BCUT2D eigenvalue weighted by atomic mass is 9.76. The topological polar surface area (TPSA) is 25.1 Å². The molecular formula is C15H26O2. The number of ether oxygens (including phenoxy) is 2. The second-order valence-electron chi connectivity index (χ2n) is 7.44. The average Bonchev–Trinajstić information content (AvgIpc) is 3.13. The monoisotopic (exact) mass is 238 g/mol. The van der Waals surface area contributed by atoms with Gasteiger partial charge in [0.2, 0.25) is 0 Å². The van der Waals surface area contributed by atoms with Crippen LogP contribution in [0.5, 0.6) is 0 Å². The van der Waals surface area contributed by atoms with E-state index in [1.807, 2.05) is 0 Å². The van der Waals surface area contributed by atoms with Crippen molar-refractivity contribution in [2.45, 2.75) is 77.1 Å². The molecule has 3 fully saturated rings. The van der Waals surface area contributed by atoms with Crippen LogP contribution in [-0.4, -0.2) is 24.4 Å². The Morgan fingerprint density at radius 1 is 1.24 bits per heavy atom. The molecule has 4 atom stereocenters. The Hall–Kier alpha value is -0.0800. The normalized spacial score (nSPS) is 45.0. The molecule has 0 N–H and O–H groups in total. The zero-order valence-corrected chi connectivity index (χ0v) is 11.5. The third kappa shape index (κ3) is 2.53. The Bertz CT molecular complexity index is 288. The molecule has 3 aliphatic rings. The van der Waals surface area contributed by atoms with E-state index in [2.05, 4.69) is 20.8 Å². The largest absolute Gasteiger partial charge is 0.369 e. The van der Waals surface area contributed by atoms with Crippen LogP contribution in [0, 0.1) is 11.3 Å². The minimum Gasteiger partial charge on any atom is -0.369 e. The highest BCUT2D eigenvalue weighted by atomic mass is 16.6. The summed E-state index contributed by atoms with van der Waals surface area (Å²) in [4.78, 5) is 0. The van der Waals surface area contributed by atoms with Gasteiger partial charge in [0, 0.05) is 5.92 Å². The number of hydrogen-bond acceptors (Lipinski definition) is 2. The van der Waals surface area contributed by atoms with E-state index in [1.54, 1.807) is 0 Å². The van der Waals surface area contributed by atoms with Gasteiger partial charge in [0.25, 0.3) is 0 Å². The van der Waals surface area contributed by atoms with E-state index < -0.39 is 0 Å². The van der Waals surface area contributed by atoms with Crippen molar-refractivity contribution in [3.63, 3.8) is 0 Å². The van der Waals surface area contributed by atoms with Crippen LogP contribution < -0.4 is 0 Å². The molecule has 1 aliphatic carbocycles. The van der Waals surface area contributed by atoms with Gasteiger partial charge in [-0.25, -0.2) is 0 Å². The van der Waals surface area contributed by atoms with Crippen molar-refractivity contribution < 1.29 is 9.47 Å². The zero-order chi connectivity index (χ0) is 12.1. The van der Waals surface area contributed by atoms with Gasteiger partial charge in [0.1, 0.15) is 0 Å². The molecule has 3 rings (SSSR count). The van der Waals surface area contributed by atoms with Crippen molar-refractivity contribution in [3.05, 3.63) is 0 Å². The van der Waals surface area contributed by atoms with Crippen LogP contribution >= 0.6 is 0 Å². The Balaban J connectivity index is 1.51. The lowest BCUT2D eigenvalue weighted by Crippen LogP contribution is -2.33. The Labute approximate surface area is 105 Å². The van der Waals surface area contributed by atoms with E-state index >= 15 is 0 Å². The molecule has 0 aromatic rings. The van der Waals surface area contributed by atoms with E-state index in [1.165, 1.54) is 38.5 Å². The minimum atomic E-state index is 0.263. The Kier molecular flexibility index (Phi) is 2.79.